The SMILES string of the molecule is COc1ccc(-c2nc3ncccc3o2)cc1NC(=O)/C=C\c1ccco1. The Balaban J connectivity index is 1.61. The second-order valence-electron chi connectivity index (χ2n) is 5.60. The largest absolute Gasteiger partial charge is 0.495 e. The predicted molar refractivity (Wildman–Crippen MR) is 100 cm³/mol. The zero-order valence-electron chi connectivity index (χ0n) is 14.4. The molecule has 0 atom stereocenters. The van der Waals surface area contributed by atoms with Crippen molar-refractivity contribution in [1.29, 1.82) is 0 Å². The van der Waals surface area contributed by atoms with Crippen molar-refractivity contribution in [2.75, 3.05) is 12.4 Å². The molecular weight excluding hydrogens is 346 g/mol. The van der Waals surface area contributed by atoms with Crippen LogP contribution >= 0.6 is 0 Å². The van der Waals surface area contributed by atoms with Crippen LogP contribution in [0.4, 0.5) is 5.69 Å². The summed E-state index contributed by atoms with van der Waals surface area (Å²) in [4.78, 5) is 20.8. The number of furan rings is 1. The highest BCUT2D eigenvalue weighted by molar-refractivity contribution is 6.03. The van der Waals surface area contributed by atoms with Crippen LogP contribution in [0, 0.1) is 0 Å². The first-order chi connectivity index (χ1) is 13.2. The number of amides is 1. The van der Waals surface area contributed by atoms with E-state index in [1.807, 2.05) is 0 Å². The normalized spacial score (nSPS) is 11.1. The van der Waals surface area contributed by atoms with Crippen molar-refractivity contribution in [3.63, 3.8) is 0 Å². The fourth-order valence-corrected chi connectivity index (χ4v) is 2.55. The number of fused-ring (bicyclic) bond motifs is 1. The van der Waals surface area contributed by atoms with Crippen molar-refractivity contribution in [3.8, 4) is 17.2 Å². The molecule has 0 bridgehead atoms. The van der Waals surface area contributed by atoms with Gasteiger partial charge < -0.3 is 18.9 Å². The lowest BCUT2D eigenvalue weighted by Crippen LogP contribution is -2.09. The van der Waals surface area contributed by atoms with Crippen molar-refractivity contribution in [1.82, 2.24) is 9.97 Å². The second kappa shape index (κ2) is 7.17. The van der Waals surface area contributed by atoms with E-state index in [-0.39, 0.29) is 5.91 Å². The molecule has 27 heavy (non-hydrogen) atoms. The minimum atomic E-state index is -0.318. The lowest BCUT2D eigenvalue weighted by atomic mass is 10.2. The lowest BCUT2D eigenvalue weighted by Gasteiger charge is -2.10. The number of methoxy groups -OCH3 is 1. The zero-order chi connectivity index (χ0) is 18.6. The summed E-state index contributed by atoms with van der Waals surface area (Å²) in [7, 11) is 1.53. The highest BCUT2D eigenvalue weighted by Gasteiger charge is 2.13. The van der Waals surface area contributed by atoms with E-state index in [4.69, 9.17) is 13.6 Å². The molecule has 4 aromatic rings. The van der Waals surface area contributed by atoms with Gasteiger partial charge >= 0.3 is 0 Å². The summed E-state index contributed by atoms with van der Waals surface area (Å²) >= 11 is 0. The number of anilines is 1. The summed E-state index contributed by atoms with van der Waals surface area (Å²) in [5.41, 5.74) is 2.31. The Bertz CT molecular complexity index is 1080. The van der Waals surface area contributed by atoms with Crippen molar-refractivity contribution >= 4 is 28.9 Å². The number of hydrogen-bond donors (Lipinski definition) is 1. The monoisotopic (exact) mass is 361 g/mol. The smallest absolute Gasteiger partial charge is 0.248 e. The summed E-state index contributed by atoms with van der Waals surface area (Å²) < 4.78 is 16.2. The maximum atomic E-state index is 12.2. The highest BCUT2D eigenvalue weighted by atomic mass is 16.5. The molecule has 0 aliphatic heterocycles. The Morgan fingerprint density at radius 1 is 1.22 bits per heavy atom. The van der Waals surface area contributed by atoms with Crippen LogP contribution in [0.1, 0.15) is 5.76 Å². The molecule has 1 aromatic carbocycles. The first-order valence-electron chi connectivity index (χ1n) is 8.15. The fraction of sp³-hybridized carbons (Fsp3) is 0.0500. The van der Waals surface area contributed by atoms with E-state index in [2.05, 4.69) is 15.3 Å². The molecule has 1 amide bonds. The predicted octanol–water partition coefficient (Wildman–Crippen LogP) is 4.14. The number of pyridine rings is 1. The molecule has 0 spiro atoms. The number of aromatic nitrogens is 2. The zero-order valence-corrected chi connectivity index (χ0v) is 14.4. The number of oxazole rings is 1. The Labute approximate surface area is 154 Å². The number of carbonyl (C=O) groups is 1. The number of benzene rings is 1. The van der Waals surface area contributed by atoms with Crippen LogP contribution in [0.2, 0.25) is 0 Å². The van der Waals surface area contributed by atoms with Gasteiger partial charge in [0, 0.05) is 17.8 Å². The lowest BCUT2D eigenvalue weighted by molar-refractivity contribution is -0.111. The maximum Gasteiger partial charge on any atom is 0.248 e. The summed E-state index contributed by atoms with van der Waals surface area (Å²) in [6, 6.07) is 12.4. The third kappa shape index (κ3) is 3.57. The van der Waals surface area contributed by atoms with Crippen LogP contribution in [-0.4, -0.2) is 23.0 Å². The van der Waals surface area contributed by atoms with E-state index >= 15 is 0 Å². The van der Waals surface area contributed by atoms with Crippen LogP contribution in [-0.2, 0) is 4.79 Å². The van der Waals surface area contributed by atoms with Crippen molar-refractivity contribution < 1.29 is 18.4 Å². The van der Waals surface area contributed by atoms with Gasteiger partial charge in [0.25, 0.3) is 0 Å². The fourth-order valence-electron chi connectivity index (χ4n) is 2.55. The first-order valence-corrected chi connectivity index (χ1v) is 8.15. The maximum absolute atomic E-state index is 12.2. The molecule has 0 radical (unpaired) electrons. The van der Waals surface area contributed by atoms with Gasteiger partial charge in [0.2, 0.25) is 11.8 Å². The summed E-state index contributed by atoms with van der Waals surface area (Å²) in [5.74, 6) is 1.20. The molecule has 1 N–H and O–H groups in total. The molecule has 4 rings (SSSR count). The third-order valence-electron chi connectivity index (χ3n) is 3.81. The van der Waals surface area contributed by atoms with Gasteiger partial charge in [0.1, 0.15) is 11.5 Å². The number of nitrogens with zero attached hydrogens (tertiary/aromatic N) is 2. The van der Waals surface area contributed by atoms with Gasteiger partial charge in [-0.3, -0.25) is 4.79 Å². The van der Waals surface area contributed by atoms with E-state index in [9.17, 15) is 4.79 Å². The number of rotatable bonds is 5. The van der Waals surface area contributed by atoms with Gasteiger partial charge in [-0.15, -0.1) is 0 Å². The molecular formula is C20H15N3O4. The van der Waals surface area contributed by atoms with Crippen molar-refractivity contribution in [2.45, 2.75) is 0 Å². The molecule has 7 heteroatoms. The van der Waals surface area contributed by atoms with Gasteiger partial charge in [0.15, 0.2) is 11.2 Å². The van der Waals surface area contributed by atoms with Gasteiger partial charge in [0.05, 0.1) is 19.1 Å². The molecule has 0 aliphatic rings. The van der Waals surface area contributed by atoms with Crippen LogP contribution < -0.4 is 10.1 Å². The first kappa shape index (κ1) is 16.6. The molecule has 3 heterocycles. The molecule has 0 unspecified atom stereocenters. The minimum absolute atomic E-state index is 0.318. The minimum Gasteiger partial charge on any atom is -0.495 e. The van der Waals surface area contributed by atoms with Gasteiger partial charge in [-0.25, -0.2) is 4.98 Å². The highest BCUT2D eigenvalue weighted by Crippen LogP contribution is 2.31. The molecule has 134 valence electrons. The van der Waals surface area contributed by atoms with Crippen LogP contribution in [0.5, 0.6) is 5.75 Å². The second-order valence-corrected chi connectivity index (χ2v) is 5.60. The Kier molecular flexibility index (Phi) is 4.40. The van der Waals surface area contributed by atoms with E-state index in [1.165, 1.54) is 13.2 Å². The van der Waals surface area contributed by atoms with Crippen LogP contribution in [0.15, 0.2) is 69.8 Å². The molecule has 3 aromatic heterocycles. The Hall–Kier alpha value is -3.87. The average Bonchev–Trinajstić information content (AvgIpc) is 3.35. The summed E-state index contributed by atoms with van der Waals surface area (Å²) in [5, 5.41) is 2.79. The topological polar surface area (TPSA) is 90.4 Å². The molecule has 0 aliphatic carbocycles. The third-order valence-corrected chi connectivity index (χ3v) is 3.81. The van der Waals surface area contributed by atoms with E-state index in [1.54, 1.807) is 61.0 Å². The Morgan fingerprint density at radius 2 is 2.15 bits per heavy atom. The van der Waals surface area contributed by atoms with Gasteiger partial charge in [-0.05, 0) is 48.5 Å². The average molecular weight is 361 g/mol. The number of carbonyl (C=O) groups excluding carboxylic acids is 1. The van der Waals surface area contributed by atoms with E-state index in [0.29, 0.717) is 39.9 Å². The quantitative estimate of drug-likeness (QED) is 0.537. The Morgan fingerprint density at radius 3 is 2.93 bits per heavy atom. The van der Waals surface area contributed by atoms with Crippen LogP contribution in [0.3, 0.4) is 0 Å². The molecule has 0 saturated carbocycles. The molecule has 7 nitrogen and oxygen atoms in total. The number of hydrogen-bond acceptors (Lipinski definition) is 6. The summed E-state index contributed by atoms with van der Waals surface area (Å²) in [6.07, 6.45) is 6.16. The van der Waals surface area contributed by atoms with Crippen LogP contribution in [0.25, 0.3) is 28.8 Å². The molecule has 0 fully saturated rings. The van der Waals surface area contributed by atoms with E-state index in [0.717, 1.165) is 0 Å². The standard InChI is InChI=1S/C20H15N3O4/c1-25-16-8-6-13(20-23-19-17(27-20)5-2-10-21-19)12-15(16)22-18(24)9-7-14-4-3-11-26-14/h2-12H,1H3,(H,22,24)/b9-7-. The molecule has 0 saturated heterocycles. The number of ether oxygens (including phenoxy) is 1. The van der Waals surface area contributed by atoms with Crippen molar-refractivity contribution in [2.24, 2.45) is 0 Å². The number of nitrogens with one attached hydrogen (secondary N) is 1. The van der Waals surface area contributed by atoms with Gasteiger partial charge in [-0.1, -0.05) is 0 Å². The van der Waals surface area contributed by atoms with Gasteiger partial charge in [-0.2, -0.15) is 4.98 Å². The van der Waals surface area contributed by atoms with E-state index < -0.39 is 0 Å². The summed E-state index contributed by atoms with van der Waals surface area (Å²) in [6.45, 7) is 0. The van der Waals surface area contributed by atoms with Crippen molar-refractivity contribution in [3.05, 3.63) is 66.8 Å².